The zero-order chi connectivity index (χ0) is 20.6. The highest BCUT2D eigenvalue weighted by atomic mass is 16.5. The number of hydrogen-bond acceptors (Lipinski definition) is 4. The van der Waals surface area contributed by atoms with Crippen molar-refractivity contribution in [3.63, 3.8) is 0 Å². The number of aliphatic hydroxyl groups is 1. The number of hydrogen-bond donors (Lipinski definition) is 2. The van der Waals surface area contributed by atoms with Gasteiger partial charge < -0.3 is 15.2 Å². The molecule has 1 amide bonds. The number of carbonyl (C=O) groups is 2. The number of fused-ring (bicyclic) bond motifs is 1. The van der Waals surface area contributed by atoms with Gasteiger partial charge in [0.25, 0.3) is 0 Å². The molecule has 5 nitrogen and oxygen atoms in total. The quantitative estimate of drug-likeness (QED) is 0.353. The number of ether oxygens (including phenoxy) is 1. The highest BCUT2D eigenvalue weighted by molar-refractivity contribution is 5.94. The smallest absolute Gasteiger partial charge is 0.311 e. The van der Waals surface area contributed by atoms with Crippen LogP contribution in [0.2, 0.25) is 0 Å². The fourth-order valence-corrected chi connectivity index (χ4v) is 4.14. The number of unbranched alkanes of at least 4 members (excludes halogenated alkanes) is 5. The molecule has 2 aromatic rings. The van der Waals surface area contributed by atoms with Crippen LogP contribution in [0.3, 0.4) is 0 Å². The molecule has 0 bridgehead atoms. The molecule has 29 heavy (non-hydrogen) atoms. The van der Waals surface area contributed by atoms with Crippen LogP contribution in [-0.2, 0) is 9.59 Å². The van der Waals surface area contributed by atoms with Crippen LogP contribution in [0, 0.1) is 0 Å². The van der Waals surface area contributed by atoms with E-state index in [1.165, 1.54) is 25.7 Å². The van der Waals surface area contributed by atoms with Crippen LogP contribution in [0.15, 0.2) is 36.4 Å². The second-order valence-corrected chi connectivity index (χ2v) is 7.86. The van der Waals surface area contributed by atoms with Crippen molar-refractivity contribution in [3.05, 3.63) is 42.0 Å². The number of amides is 1. The molecule has 5 heteroatoms. The number of nitrogens with one attached hydrogen (secondary N) is 1. The van der Waals surface area contributed by atoms with Crippen LogP contribution in [0.1, 0.15) is 69.8 Å². The van der Waals surface area contributed by atoms with Crippen molar-refractivity contribution in [2.24, 2.45) is 0 Å². The number of benzene rings is 2. The Morgan fingerprint density at radius 1 is 1.07 bits per heavy atom. The Labute approximate surface area is 172 Å². The zero-order valence-corrected chi connectivity index (χ0v) is 17.2. The van der Waals surface area contributed by atoms with E-state index < -0.39 is 0 Å². The lowest BCUT2D eigenvalue weighted by atomic mass is 9.88. The third-order valence-electron chi connectivity index (χ3n) is 5.71. The monoisotopic (exact) mass is 397 g/mol. The SMILES string of the molecule is CCCCCCCCC(=O)Oc1ccc(C2CC(=O)NC2CO)c2ccccc12. The summed E-state index contributed by atoms with van der Waals surface area (Å²) in [6.45, 7) is 2.09. The van der Waals surface area contributed by atoms with Gasteiger partial charge in [0, 0.05) is 24.1 Å². The van der Waals surface area contributed by atoms with Crippen molar-refractivity contribution < 1.29 is 19.4 Å². The van der Waals surface area contributed by atoms with Gasteiger partial charge in [-0.3, -0.25) is 9.59 Å². The van der Waals surface area contributed by atoms with E-state index in [4.69, 9.17) is 4.74 Å². The highest BCUT2D eigenvalue weighted by Crippen LogP contribution is 2.37. The normalized spacial score (nSPS) is 18.8. The summed E-state index contributed by atoms with van der Waals surface area (Å²) in [5, 5.41) is 14.3. The van der Waals surface area contributed by atoms with Gasteiger partial charge in [0.2, 0.25) is 5.91 Å². The minimum absolute atomic E-state index is 0.0485. The highest BCUT2D eigenvalue weighted by Gasteiger charge is 2.34. The van der Waals surface area contributed by atoms with E-state index in [0.29, 0.717) is 18.6 Å². The molecule has 0 spiro atoms. The van der Waals surface area contributed by atoms with Gasteiger partial charge in [-0.1, -0.05) is 69.4 Å². The minimum atomic E-state index is -0.285. The molecule has 1 aliphatic rings. The van der Waals surface area contributed by atoms with Gasteiger partial charge in [-0.2, -0.15) is 0 Å². The zero-order valence-electron chi connectivity index (χ0n) is 17.2. The van der Waals surface area contributed by atoms with Gasteiger partial charge in [-0.15, -0.1) is 0 Å². The Morgan fingerprint density at radius 3 is 2.55 bits per heavy atom. The summed E-state index contributed by atoms with van der Waals surface area (Å²) < 4.78 is 5.68. The molecule has 2 N–H and O–H groups in total. The molecule has 1 aliphatic heterocycles. The second-order valence-electron chi connectivity index (χ2n) is 7.86. The van der Waals surface area contributed by atoms with Gasteiger partial charge in [0.15, 0.2) is 0 Å². The molecule has 1 saturated heterocycles. The molecule has 0 saturated carbocycles. The lowest BCUT2D eigenvalue weighted by molar-refractivity contribution is -0.134. The van der Waals surface area contributed by atoms with Crippen molar-refractivity contribution in [2.45, 2.75) is 70.3 Å². The van der Waals surface area contributed by atoms with Crippen LogP contribution in [-0.4, -0.2) is 29.6 Å². The fraction of sp³-hybridized carbons (Fsp3) is 0.500. The van der Waals surface area contributed by atoms with Crippen molar-refractivity contribution in [1.82, 2.24) is 5.32 Å². The topological polar surface area (TPSA) is 75.6 Å². The molecule has 156 valence electrons. The Morgan fingerprint density at radius 2 is 1.79 bits per heavy atom. The van der Waals surface area contributed by atoms with E-state index in [2.05, 4.69) is 12.2 Å². The minimum Gasteiger partial charge on any atom is -0.426 e. The number of esters is 1. The predicted octanol–water partition coefficient (Wildman–Crippen LogP) is 4.46. The van der Waals surface area contributed by atoms with E-state index in [0.717, 1.165) is 29.2 Å². The molecule has 0 aromatic heterocycles. The van der Waals surface area contributed by atoms with Crippen LogP contribution in [0.4, 0.5) is 0 Å². The van der Waals surface area contributed by atoms with Gasteiger partial charge in [0.05, 0.1) is 12.6 Å². The van der Waals surface area contributed by atoms with E-state index >= 15 is 0 Å². The Hall–Kier alpha value is -2.40. The molecular weight excluding hydrogens is 366 g/mol. The van der Waals surface area contributed by atoms with Gasteiger partial charge in [0.1, 0.15) is 5.75 Å². The molecule has 1 fully saturated rings. The first-order valence-electron chi connectivity index (χ1n) is 10.8. The van der Waals surface area contributed by atoms with Crippen molar-refractivity contribution in [3.8, 4) is 5.75 Å². The molecule has 0 aliphatic carbocycles. The Bertz CT molecular complexity index is 848. The van der Waals surface area contributed by atoms with E-state index in [-0.39, 0.29) is 30.4 Å². The van der Waals surface area contributed by atoms with Crippen molar-refractivity contribution in [2.75, 3.05) is 6.61 Å². The average molecular weight is 398 g/mol. The van der Waals surface area contributed by atoms with Crippen LogP contribution in [0.25, 0.3) is 10.8 Å². The molecular formula is C24H31NO4. The molecule has 2 unspecified atom stereocenters. The summed E-state index contributed by atoms with van der Waals surface area (Å²) in [5.41, 5.74) is 0.994. The first kappa shape index (κ1) is 21.3. The summed E-state index contributed by atoms with van der Waals surface area (Å²) in [6, 6.07) is 11.2. The van der Waals surface area contributed by atoms with Gasteiger partial charge in [-0.25, -0.2) is 0 Å². The summed E-state index contributed by atoms with van der Waals surface area (Å²) in [7, 11) is 0. The fourth-order valence-electron chi connectivity index (χ4n) is 4.14. The Kier molecular flexibility index (Phi) is 7.64. The van der Waals surface area contributed by atoms with Gasteiger partial charge >= 0.3 is 5.97 Å². The van der Waals surface area contributed by atoms with Crippen LogP contribution in [0.5, 0.6) is 5.75 Å². The van der Waals surface area contributed by atoms with Crippen molar-refractivity contribution >= 4 is 22.6 Å². The third-order valence-corrected chi connectivity index (χ3v) is 5.71. The number of carbonyl (C=O) groups excluding carboxylic acids is 2. The standard InChI is InChI=1S/C24H31NO4/c1-2-3-4-5-6-7-12-24(28)29-22-14-13-18(17-10-8-9-11-19(17)22)20-15-23(27)25-21(20)16-26/h8-11,13-14,20-21,26H,2-7,12,15-16H2,1H3,(H,25,27). The average Bonchev–Trinajstić information content (AvgIpc) is 3.11. The lowest BCUT2D eigenvalue weighted by Gasteiger charge is -2.20. The van der Waals surface area contributed by atoms with E-state index in [9.17, 15) is 14.7 Å². The molecule has 1 heterocycles. The van der Waals surface area contributed by atoms with E-state index in [1.807, 2.05) is 36.4 Å². The van der Waals surface area contributed by atoms with Crippen molar-refractivity contribution in [1.29, 1.82) is 0 Å². The third kappa shape index (κ3) is 5.36. The largest absolute Gasteiger partial charge is 0.426 e. The lowest BCUT2D eigenvalue weighted by Crippen LogP contribution is -2.31. The number of rotatable bonds is 10. The molecule has 2 atom stereocenters. The first-order chi connectivity index (χ1) is 14.1. The molecule has 2 aromatic carbocycles. The molecule has 3 rings (SSSR count). The first-order valence-corrected chi connectivity index (χ1v) is 10.8. The maximum absolute atomic E-state index is 12.3. The maximum atomic E-state index is 12.3. The second kappa shape index (κ2) is 10.4. The van der Waals surface area contributed by atoms with E-state index in [1.54, 1.807) is 0 Å². The summed E-state index contributed by atoms with van der Waals surface area (Å²) in [5.74, 6) is 0.209. The molecule has 0 radical (unpaired) electrons. The summed E-state index contributed by atoms with van der Waals surface area (Å²) in [4.78, 5) is 24.2. The Balaban J connectivity index is 1.71. The maximum Gasteiger partial charge on any atom is 0.311 e. The van der Waals surface area contributed by atoms with Gasteiger partial charge in [-0.05, 0) is 23.4 Å². The summed E-state index contributed by atoms with van der Waals surface area (Å²) >= 11 is 0. The van der Waals surface area contributed by atoms with Crippen LogP contribution < -0.4 is 10.1 Å². The predicted molar refractivity (Wildman–Crippen MR) is 114 cm³/mol. The summed E-state index contributed by atoms with van der Waals surface area (Å²) in [6.07, 6.45) is 7.55. The van der Waals surface area contributed by atoms with Crippen LogP contribution >= 0.6 is 0 Å². The number of aliphatic hydroxyl groups excluding tert-OH is 1.